The lowest BCUT2D eigenvalue weighted by Gasteiger charge is -2.42. The van der Waals surface area contributed by atoms with E-state index in [1.807, 2.05) is 41.3 Å². The molecule has 4 rings (SSSR count). The summed E-state index contributed by atoms with van der Waals surface area (Å²) in [6.07, 6.45) is 1.01. The molecule has 0 radical (unpaired) electrons. The summed E-state index contributed by atoms with van der Waals surface area (Å²) >= 11 is 0. The summed E-state index contributed by atoms with van der Waals surface area (Å²) in [6.45, 7) is 1.95. The number of carbonyl (C=O) groups excluding carboxylic acids is 1. The number of rotatable bonds is 3. The topological polar surface area (TPSA) is 77.6 Å². The summed E-state index contributed by atoms with van der Waals surface area (Å²) in [6, 6.07) is 12.9. The zero-order valence-corrected chi connectivity index (χ0v) is 13.9. The molecule has 2 atom stereocenters. The number of nitrogen functional groups attached to an aromatic ring is 1. The number of carbonyl (C=O) groups is 1. The lowest BCUT2D eigenvalue weighted by molar-refractivity contribution is -0.136. The summed E-state index contributed by atoms with van der Waals surface area (Å²) < 4.78 is 7.37. The van der Waals surface area contributed by atoms with Gasteiger partial charge in [-0.05, 0) is 36.6 Å². The molecule has 1 amide bonds. The first-order valence-corrected chi connectivity index (χ1v) is 8.56. The fourth-order valence-corrected chi connectivity index (χ4v) is 3.92. The van der Waals surface area contributed by atoms with E-state index >= 15 is 0 Å². The molecule has 3 heterocycles. The number of benzene rings is 1. The van der Waals surface area contributed by atoms with E-state index < -0.39 is 0 Å². The Morgan fingerprint density at radius 1 is 1.12 bits per heavy atom. The highest BCUT2D eigenvalue weighted by Gasteiger charge is 2.36. The van der Waals surface area contributed by atoms with E-state index in [0.717, 1.165) is 12.1 Å². The Bertz CT molecular complexity index is 847. The van der Waals surface area contributed by atoms with Crippen LogP contribution in [0.3, 0.4) is 0 Å². The van der Waals surface area contributed by atoms with Crippen LogP contribution in [0.4, 0.5) is 5.69 Å². The number of para-hydroxylation sites is 1. The van der Waals surface area contributed by atoms with Crippen LogP contribution in [0.15, 0.2) is 47.3 Å². The van der Waals surface area contributed by atoms with Crippen LogP contribution in [0.1, 0.15) is 18.0 Å². The first kappa shape index (κ1) is 15.7. The molecule has 1 fully saturated rings. The van der Waals surface area contributed by atoms with E-state index in [1.165, 1.54) is 0 Å². The molecule has 0 spiro atoms. The monoisotopic (exact) mass is 339 g/mol. The lowest BCUT2D eigenvalue weighted by atomic mass is 9.83. The minimum absolute atomic E-state index is 0.00945. The molecular formula is C19H21N3O3. The fraction of sp³-hybridized carbons (Fsp3) is 0.368. The maximum absolute atomic E-state index is 12.5. The summed E-state index contributed by atoms with van der Waals surface area (Å²) in [5.74, 6) is 1.15. The maximum atomic E-state index is 12.5. The number of hydrogen-bond donors (Lipinski definition) is 1. The van der Waals surface area contributed by atoms with Crippen LogP contribution in [0.25, 0.3) is 0 Å². The summed E-state index contributed by atoms with van der Waals surface area (Å²) in [5.41, 5.74) is 6.91. The number of likely N-dealkylation sites (tertiary alicyclic amines) is 1. The van der Waals surface area contributed by atoms with Crippen LogP contribution in [0, 0.1) is 5.92 Å². The van der Waals surface area contributed by atoms with Gasteiger partial charge in [-0.1, -0.05) is 18.2 Å². The molecule has 6 nitrogen and oxygen atoms in total. The van der Waals surface area contributed by atoms with Gasteiger partial charge < -0.3 is 19.9 Å². The second kappa shape index (κ2) is 6.27. The second-order valence-corrected chi connectivity index (χ2v) is 6.83. The van der Waals surface area contributed by atoms with E-state index in [-0.39, 0.29) is 35.6 Å². The number of pyridine rings is 1. The second-order valence-electron chi connectivity index (χ2n) is 6.83. The molecule has 2 N–H and O–H groups in total. The molecule has 0 aliphatic carbocycles. The van der Waals surface area contributed by atoms with Gasteiger partial charge in [0.05, 0.1) is 5.69 Å². The van der Waals surface area contributed by atoms with Crippen LogP contribution in [0.2, 0.25) is 0 Å². The van der Waals surface area contributed by atoms with E-state index in [9.17, 15) is 9.59 Å². The molecule has 2 aromatic rings. The van der Waals surface area contributed by atoms with Crippen molar-refractivity contribution in [2.75, 3.05) is 25.4 Å². The molecule has 6 heteroatoms. The standard InChI is InChI=1S/C19H21N3O3/c20-16-6-7-17-14-8-13(10-22(17)19(16)24)9-21(11-14)18(23)12-25-15-4-2-1-3-5-15/h1-7,13-14H,8-12,20H2/t13-,14-/m1/s1. The number of nitrogens with zero attached hydrogens (tertiary/aromatic N) is 2. The van der Waals surface area contributed by atoms with Gasteiger partial charge in [0.25, 0.3) is 11.5 Å². The largest absolute Gasteiger partial charge is 0.484 e. The Morgan fingerprint density at radius 2 is 1.92 bits per heavy atom. The van der Waals surface area contributed by atoms with Gasteiger partial charge in [-0.25, -0.2) is 0 Å². The van der Waals surface area contributed by atoms with E-state index in [4.69, 9.17) is 10.5 Å². The molecule has 25 heavy (non-hydrogen) atoms. The maximum Gasteiger partial charge on any atom is 0.273 e. The first-order chi connectivity index (χ1) is 12.1. The van der Waals surface area contributed by atoms with Crippen LogP contribution < -0.4 is 16.0 Å². The van der Waals surface area contributed by atoms with Crippen LogP contribution in [0.5, 0.6) is 5.75 Å². The molecule has 1 aromatic carbocycles. The van der Waals surface area contributed by atoms with Crippen molar-refractivity contribution >= 4 is 11.6 Å². The normalized spacial score (nSPS) is 21.5. The first-order valence-electron chi connectivity index (χ1n) is 8.56. The van der Waals surface area contributed by atoms with Gasteiger partial charge in [0.15, 0.2) is 6.61 Å². The number of aromatic nitrogens is 1. The average Bonchev–Trinajstić information content (AvgIpc) is 2.64. The summed E-state index contributed by atoms with van der Waals surface area (Å²) in [5, 5.41) is 0. The highest BCUT2D eigenvalue weighted by Crippen LogP contribution is 2.35. The highest BCUT2D eigenvalue weighted by molar-refractivity contribution is 5.78. The zero-order chi connectivity index (χ0) is 17.4. The summed E-state index contributed by atoms with van der Waals surface area (Å²) in [7, 11) is 0. The quantitative estimate of drug-likeness (QED) is 0.918. The predicted octanol–water partition coefficient (Wildman–Crippen LogP) is 1.46. The van der Waals surface area contributed by atoms with E-state index in [0.29, 0.717) is 25.4 Å². The average molecular weight is 339 g/mol. The van der Waals surface area contributed by atoms with Gasteiger partial charge in [0, 0.05) is 31.2 Å². The number of fused-ring (bicyclic) bond motifs is 4. The van der Waals surface area contributed by atoms with Gasteiger partial charge in [-0.3, -0.25) is 9.59 Å². The summed E-state index contributed by atoms with van der Waals surface area (Å²) in [4.78, 5) is 26.7. The number of amides is 1. The molecule has 1 aromatic heterocycles. The number of piperidine rings is 1. The van der Waals surface area contributed by atoms with Crippen molar-refractivity contribution in [3.05, 3.63) is 58.5 Å². The Kier molecular flexibility index (Phi) is 3.95. The Morgan fingerprint density at radius 3 is 2.72 bits per heavy atom. The van der Waals surface area contributed by atoms with Crippen LogP contribution >= 0.6 is 0 Å². The molecule has 1 saturated heterocycles. The number of ether oxygens (including phenoxy) is 1. The molecular weight excluding hydrogens is 318 g/mol. The molecule has 0 saturated carbocycles. The minimum Gasteiger partial charge on any atom is -0.484 e. The van der Waals surface area contributed by atoms with Crippen molar-refractivity contribution in [2.24, 2.45) is 5.92 Å². The number of anilines is 1. The SMILES string of the molecule is Nc1ccc2n(c1=O)C[C@@H]1C[C@@H]2CN(C(=O)COc2ccccc2)C1. The zero-order valence-electron chi connectivity index (χ0n) is 13.9. The van der Waals surface area contributed by atoms with Gasteiger partial charge >= 0.3 is 0 Å². The lowest BCUT2D eigenvalue weighted by Crippen LogP contribution is -2.50. The molecule has 130 valence electrons. The smallest absolute Gasteiger partial charge is 0.273 e. The van der Waals surface area contributed by atoms with E-state index in [1.54, 1.807) is 10.6 Å². The van der Waals surface area contributed by atoms with Gasteiger partial charge in [-0.2, -0.15) is 0 Å². The fourth-order valence-electron chi connectivity index (χ4n) is 3.92. The van der Waals surface area contributed by atoms with Gasteiger partial charge in [0.2, 0.25) is 0 Å². The number of nitrogens with two attached hydrogens (primary N) is 1. The Hall–Kier alpha value is -2.76. The molecule has 0 unspecified atom stereocenters. The Labute approximate surface area is 145 Å². The van der Waals surface area contributed by atoms with Crippen LogP contribution in [-0.2, 0) is 11.3 Å². The van der Waals surface area contributed by atoms with Crippen molar-refractivity contribution in [3.8, 4) is 5.75 Å². The molecule has 2 aliphatic rings. The van der Waals surface area contributed by atoms with Crippen molar-refractivity contribution in [1.82, 2.24) is 9.47 Å². The van der Waals surface area contributed by atoms with Crippen molar-refractivity contribution in [2.45, 2.75) is 18.9 Å². The number of hydrogen-bond acceptors (Lipinski definition) is 4. The predicted molar refractivity (Wildman–Crippen MR) is 94.5 cm³/mol. The van der Waals surface area contributed by atoms with Crippen molar-refractivity contribution < 1.29 is 9.53 Å². The van der Waals surface area contributed by atoms with E-state index in [2.05, 4.69) is 0 Å². The molecule has 2 aliphatic heterocycles. The minimum atomic E-state index is -0.112. The third kappa shape index (κ3) is 2.99. The molecule has 2 bridgehead atoms. The Balaban J connectivity index is 1.47. The third-order valence-corrected chi connectivity index (χ3v) is 5.09. The van der Waals surface area contributed by atoms with Crippen molar-refractivity contribution in [1.29, 1.82) is 0 Å². The van der Waals surface area contributed by atoms with Gasteiger partial charge in [-0.15, -0.1) is 0 Å². The van der Waals surface area contributed by atoms with Crippen LogP contribution in [-0.4, -0.2) is 35.1 Å². The van der Waals surface area contributed by atoms with Gasteiger partial charge in [0.1, 0.15) is 5.75 Å². The van der Waals surface area contributed by atoms with Crippen molar-refractivity contribution in [3.63, 3.8) is 0 Å². The third-order valence-electron chi connectivity index (χ3n) is 5.09. The highest BCUT2D eigenvalue weighted by atomic mass is 16.5.